The molecule has 0 aromatic carbocycles. The van der Waals surface area contributed by atoms with Crippen LogP contribution in [0.25, 0.3) is 0 Å². The molecule has 0 radical (unpaired) electrons. The number of hydrogen-bond acceptors (Lipinski definition) is 4. The van der Waals surface area contributed by atoms with E-state index < -0.39 is 0 Å². The third-order valence-corrected chi connectivity index (χ3v) is 2.28. The molecule has 1 aromatic rings. The number of rotatable bonds is 6. The number of ether oxygens (including phenoxy) is 1. The highest BCUT2D eigenvalue weighted by molar-refractivity contribution is 5.22. The molecular formula is C12H21N3O. The van der Waals surface area contributed by atoms with Crippen molar-refractivity contribution in [1.82, 2.24) is 9.88 Å². The number of pyridine rings is 1. The largest absolute Gasteiger partial charge is 0.478 e. The summed E-state index contributed by atoms with van der Waals surface area (Å²) in [6.07, 6.45) is 2.73. The van der Waals surface area contributed by atoms with Gasteiger partial charge in [0, 0.05) is 24.8 Å². The highest BCUT2D eigenvalue weighted by Gasteiger charge is 2.02. The smallest absolute Gasteiger partial charge is 0.213 e. The summed E-state index contributed by atoms with van der Waals surface area (Å²) in [7, 11) is 4.10. The molecule has 0 aliphatic rings. The molecule has 0 saturated heterocycles. The monoisotopic (exact) mass is 223 g/mol. The lowest BCUT2D eigenvalue weighted by Crippen LogP contribution is -2.15. The van der Waals surface area contributed by atoms with E-state index in [4.69, 9.17) is 10.5 Å². The number of nitrogens with zero attached hydrogens (tertiary/aromatic N) is 2. The maximum atomic E-state index is 5.79. The van der Waals surface area contributed by atoms with E-state index in [1.165, 1.54) is 0 Å². The molecule has 0 fully saturated rings. The van der Waals surface area contributed by atoms with Crippen molar-refractivity contribution in [2.24, 2.45) is 5.73 Å². The summed E-state index contributed by atoms with van der Waals surface area (Å²) in [5.74, 6) is 0.661. The molecule has 0 bridgehead atoms. The van der Waals surface area contributed by atoms with Crippen LogP contribution in [0.3, 0.4) is 0 Å². The van der Waals surface area contributed by atoms with E-state index in [1.807, 2.05) is 19.1 Å². The summed E-state index contributed by atoms with van der Waals surface area (Å²) >= 11 is 0. The van der Waals surface area contributed by atoms with Crippen LogP contribution in [0.5, 0.6) is 5.88 Å². The fourth-order valence-electron chi connectivity index (χ4n) is 1.34. The van der Waals surface area contributed by atoms with Crippen molar-refractivity contribution in [1.29, 1.82) is 0 Å². The van der Waals surface area contributed by atoms with Crippen LogP contribution in [0.15, 0.2) is 18.3 Å². The molecule has 1 aromatic heterocycles. The van der Waals surface area contributed by atoms with E-state index in [-0.39, 0.29) is 6.04 Å². The second-order valence-electron chi connectivity index (χ2n) is 4.22. The minimum Gasteiger partial charge on any atom is -0.478 e. The van der Waals surface area contributed by atoms with E-state index in [1.54, 1.807) is 6.20 Å². The first-order chi connectivity index (χ1) is 7.59. The van der Waals surface area contributed by atoms with Gasteiger partial charge in [-0.1, -0.05) is 0 Å². The zero-order chi connectivity index (χ0) is 12.0. The molecule has 0 spiro atoms. The molecule has 2 N–H and O–H groups in total. The standard InChI is InChI=1S/C12H21N3O/c1-10(13)11-5-6-14-12(9-11)16-8-4-7-15(2)3/h5-6,9-10H,4,7-8,13H2,1-3H3/t10-/m1/s1. The molecule has 0 amide bonds. The van der Waals surface area contributed by atoms with Crippen molar-refractivity contribution in [3.05, 3.63) is 23.9 Å². The lowest BCUT2D eigenvalue weighted by molar-refractivity contribution is 0.273. The Morgan fingerprint density at radius 2 is 2.25 bits per heavy atom. The summed E-state index contributed by atoms with van der Waals surface area (Å²) in [5, 5.41) is 0. The van der Waals surface area contributed by atoms with Gasteiger partial charge in [-0.15, -0.1) is 0 Å². The number of aromatic nitrogens is 1. The summed E-state index contributed by atoms with van der Waals surface area (Å²) in [4.78, 5) is 6.28. The van der Waals surface area contributed by atoms with E-state index in [2.05, 4.69) is 24.0 Å². The number of hydrogen-bond donors (Lipinski definition) is 1. The molecule has 0 unspecified atom stereocenters. The van der Waals surface area contributed by atoms with Gasteiger partial charge in [-0.3, -0.25) is 0 Å². The van der Waals surface area contributed by atoms with Crippen molar-refractivity contribution in [3.8, 4) is 5.88 Å². The first-order valence-electron chi connectivity index (χ1n) is 5.58. The van der Waals surface area contributed by atoms with Gasteiger partial charge in [0.05, 0.1) is 6.61 Å². The molecule has 0 saturated carbocycles. The Hall–Kier alpha value is -1.13. The summed E-state index contributed by atoms with van der Waals surface area (Å²) < 4.78 is 5.55. The molecule has 4 heteroatoms. The highest BCUT2D eigenvalue weighted by atomic mass is 16.5. The van der Waals surface area contributed by atoms with E-state index in [0.717, 1.165) is 18.5 Å². The molecule has 0 aliphatic carbocycles. The van der Waals surface area contributed by atoms with Gasteiger partial charge in [0.15, 0.2) is 0 Å². The van der Waals surface area contributed by atoms with Crippen LogP contribution in [0.1, 0.15) is 24.9 Å². The first-order valence-corrected chi connectivity index (χ1v) is 5.58. The predicted molar refractivity (Wildman–Crippen MR) is 65.5 cm³/mol. The van der Waals surface area contributed by atoms with Crippen molar-refractivity contribution < 1.29 is 4.74 Å². The van der Waals surface area contributed by atoms with Gasteiger partial charge in [0.25, 0.3) is 0 Å². The third kappa shape index (κ3) is 4.59. The maximum absolute atomic E-state index is 5.79. The van der Waals surface area contributed by atoms with Crippen LogP contribution in [0, 0.1) is 0 Å². The van der Waals surface area contributed by atoms with E-state index in [9.17, 15) is 0 Å². The lowest BCUT2D eigenvalue weighted by Gasteiger charge is -2.11. The molecular weight excluding hydrogens is 202 g/mol. The summed E-state index contributed by atoms with van der Waals surface area (Å²) in [6.45, 7) is 3.66. The van der Waals surface area contributed by atoms with Gasteiger partial charge in [-0.25, -0.2) is 4.98 Å². The Labute approximate surface area is 97.4 Å². The van der Waals surface area contributed by atoms with Gasteiger partial charge in [0.1, 0.15) is 0 Å². The van der Waals surface area contributed by atoms with Crippen LogP contribution >= 0.6 is 0 Å². The zero-order valence-corrected chi connectivity index (χ0v) is 10.3. The predicted octanol–water partition coefficient (Wildman–Crippen LogP) is 1.43. The van der Waals surface area contributed by atoms with Crippen LogP contribution in [0.4, 0.5) is 0 Å². The van der Waals surface area contributed by atoms with Gasteiger partial charge in [0.2, 0.25) is 5.88 Å². The Kier molecular flexibility index (Phi) is 5.22. The van der Waals surface area contributed by atoms with Crippen molar-refractivity contribution in [3.63, 3.8) is 0 Å². The van der Waals surface area contributed by atoms with Gasteiger partial charge >= 0.3 is 0 Å². The quantitative estimate of drug-likeness (QED) is 0.741. The Morgan fingerprint density at radius 1 is 1.50 bits per heavy atom. The topological polar surface area (TPSA) is 51.4 Å². The van der Waals surface area contributed by atoms with E-state index in [0.29, 0.717) is 12.5 Å². The van der Waals surface area contributed by atoms with Gasteiger partial charge < -0.3 is 15.4 Å². The molecule has 4 nitrogen and oxygen atoms in total. The van der Waals surface area contributed by atoms with Crippen LogP contribution in [0.2, 0.25) is 0 Å². The van der Waals surface area contributed by atoms with Crippen molar-refractivity contribution in [2.45, 2.75) is 19.4 Å². The molecule has 1 atom stereocenters. The Balaban J connectivity index is 2.39. The molecule has 0 aliphatic heterocycles. The van der Waals surface area contributed by atoms with Crippen molar-refractivity contribution >= 4 is 0 Å². The van der Waals surface area contributed by atoms with Crippen molar-refractivity contribution in [2.75, 3.05) is 27.2 Å². The fraction of sp³-hybridized carbons (Fsp3) is 0.583. The average Bonchev–Trinajstić information content (AvgIpc) is 2.24. The zero-order valence-electron chi connectivity index (χ0n) is 10.3. The third-order valence-electron chi connectivity index (χ3n) is 2.28. The Morgan fingerprint density at radius 3 is 2.88 bits per heavy atom. The summed E-state index contributed by atoms with van der Waals surface area (Å²) in [5.41, 5.74) is 6.84. The SMILES string of the molecule is C[C@@H](N)c1ccnc(OCCCN(C)C)c1. The minimum atomic E-state index is 0.0205. The molecule has 90 valence electrons. The average molecular weight is 223 g/mol. The molecule has 16 heavy (non-hydrogen) atoms. The van der Waals surface area contributed by atoms with Gasteiger partial charge in [-0.05, 0) is 39.1 Å². The first kappa shape index (κ1) is 12.9. The lowest BCUT2D eigenvalue weighted by atomic mass is 10.1. The second-order valence-corrected chi connectivity index (χ2v) is 4.22. The fourth-order valence-corrected chi connectivity index (χ4v) is 1.34. The molecule has 1 heterocycles. The normalized spacial score (nSPS) is 12.8. The minimum absolute atomic E-state index is 0.0205. The second kappa shape index (κ2) is 6.45. The van der Waals surface area contributed by atoms with Gasteiger partial charge in [-0.2, -0.15) is 0 Å². The van der Waals surface area contributed by atoms with E-state index >= 15 is 0 Å². The summed E-state index contributed by atoms with van der Waals surface area (Å²) in [6, 6.07) is 3.84. The van der Waals surface area contributed by atoms with Crippen LogP contribution < -0.4 is 10.5 Å². The highest BCUT2D eigenvalue weighted by Crippen LogP contribution is 2.14. The maximum Gasteiger partial charge on any atom is 0.213 e. The van der Waals surface area contributed by atoms with Crippen LogP contribution in [-0.2, 0) is 0 Å². The number of nitrogens with two attached hydrogens (primary N) is 1. The Bertz CT molecular complexity index is 313. The molecule has 1 rings (SSSR count). The van der Waals surface area contributed by atoms with Crippen LogP contribution in [-0.4, -0.2) is 37.1 Å².